The second kappa shape index (κ2) is 19.4. The summed E-state index contributed by atoms with van der Waals surface area (Å²) in [5.74, 6) is -0.517. The number of methoxy groups -OCH3 is 4. The van der Waals surface area contributed by atoms with Crippen LogP contribution in [-0.4, -0.2) is 65.4 Å². The summed E-state index contributed by atoms with van der Waals surface area (Å²) in [4.78, 5) is 52.8. The van der Waals surface area contributed by atoms with E-state index in [0.717, 1.165) is 17.0 Å². The van der Waals surface area contributed by atoms with E-state index < -0.39 is 35.6 Å². The Labute approximate surface area is 319 Å². The highest BCUT2D eigenvalue weighted by molar-refractivity contribution is 6.40. The number of imide groups is 2. The topological polar surface area (TPSA) is 136 Å². The van der Waals surface area contributed by atoms with Gasteiger partial charge in [0.2, 0.25) is 0 Å². The number of nitrogens with one attached hydrogen (secondary N) is 2. The predicted molar refractivity (Wildman–Crippen MR) is 199 cm³/mol. The number of rotatable bonds is 10. The number of para-hydroxylation sites is 1. The zero-order chi connectivity index (χ0) is 40.2. The van der Waals surface area contributed by atoms with Crippen molar-refractivity contribution >= 4 is 58.5 Å². The van der Waals surface area contributed by atoms with Gasteiger partial charge in [-0.25, -0.2) is 9.59 Å². The Hall–Kier alpha value is -5.67. The zero-order valence-corrected chi connectivity index (χ0v) is 31.5. The summed E-state index contributed by atoms with van der Waals surface area (Å²) < 4.78 is 59.4. The normalized spacial score (nSPS) is 10.6. The number of amides is 6. The van der Waals surface area contributed by atoms with Crippen LogP contribution < -0.4 is 39.4 Å². The number of halogens is 5. The smallest absolute Gasteiger partial charge is 0.416 e. The minimum absolute atomic E-state index is 0.000875. The molecule has 4 aromatic rings. The third-order valence-electron chi connectivity index (χ3n) is 7.57. The van der Waals surface area contributed by atoms with Crippen LogP contribution in [-0.2, 0) is 6.18 Å². The summed E-state index contributed by atoms with van der Waals surface area (Å²) in [5.41, 5.74) is -0.438. The van der Waals surface area contributed by atoms with E-state index in [2.05, 4.69) is 10.6 Å². The lowest BCUT2D eigenvalue weighted by atomic mass is 10.1. The third kappa shape index (κ3) is 10.3. The second-order valence-electron chi connectivity index (χ2n) is 10.7. The predicted octanol–water partition coefficient (Wildman–Crippen LogP) is 8.49. The van der Waals surface area contributed by atoms with Crippen LogP contribution in [0.1, 0.15) is 40.1 Å². The van der Waals surface area contributed by atoms with Crippen molar-refractivity contribution in [1.29, 1.82) is 0 Å². The van der Waals surface area contributed by atoms with Crippen LogP contribution in [0.2, 0.25) is 10.0 Å². The Morgan fingerprint density at radius 2 is 0.981 bits per heavy atom. The van der Waals surface area contributed by atoms with Gasteiger partial charge in [-0.2, -0.15) is 13.2 Å². The molecule has 0 aliphatic heterocycles. The van der Waals surface area contributed by atoms with Gasteiger partial charge in [-0.3, -0.25) is 30.0 Å². The SMILES string of the molecule is CCN(C(=O)NC(=O)c1c(OC)cccc1OC)c1c(Cl)cccc1Cl.CCN(C(=O)NC(=O)c1c(OC)cccc1OC)c1cccc(C(F)(F)F)c1. The highest BCUT2D eigenvalue weighted by Crippen LogP contribution is 2.35. The Balaban J connectivity index is 0.000000291. The van der Waals surface area contributed by atoms with Gasteiger partial charge in [0, 0.05) is 18.8 Å². The van der Waals surface area contributed by atoms with Gasteiger partial charge in [-0.15, -0.1) is 0 Å². The Morgan fingerprint density at radius 3 is 1.35 bits per heavy atom. The molecule has 0 aliphatic carbocycles. The van der Waals surface area contributed by atoms with Crippen LogP contribution in [0.3, 0.4) is 0 Å². The first-order valence-electron chi connectivity index (χ1n) is 16.0. The molecule has 0 unspecified atom stereocenters. The number of ether oxygens (including phenoxy) is 4. The van der Waals surface area contributed by atoms with Crippen molar-refractivity contribution in [2.24, 2.45) is 0 Å². The van der Waals surface area contributed by atoms with Gasteiger partial charge in [0.05, 0.1) is 49.7 Å². The van der Waals surface area contributed by atoms with Crippen molar-refractivity contribution in [3.8, 4) is 23.0 Å². The monoisotopic (exact) mass is 792 g/mol. The molecule has 0 atom stereocenters. The second-order valence-corrected chi connectivity index (χ2v) is 11.5. The first kappa shape index (κ1) is 42.7. The van der Waals surface area contributed by atoms with E-state index >= 15 is 0 Å². The maximum atomic E-state index is 12.9. The lowest BCUT2D eigenvalue weighted by Crippen LogP contribution is -2.43. The molecule has 0 saturated carbocycles. The largest absolute Gasteiger partial charge is 0.496 e. The molecule has 0 fully saturated rings. The van der Waals surface area contributed by atoms with Crippen molar-refractivity contribution in [1.82, 2.24) is 10.6 Å². The van der Waals surface area contributed by atoms with Gasteiger partial charge in [0.15, 0.2) is 0 Å². The summed E-state index contributed by atoms with van der Waals surface area (Å²) in [6.45, 7) is 3.62. The Morgan fingerprint density at radius 1 is 0.611 bits per heavy atom. The molecule has 0 aromatic heterocycles. The maximum Gasteiger partial charge on any atom is 0.416 e. The van der Waals surface area contributed by atoms with Crippen LogP contribution in [0.15, 0.2) is 78.9 Å². The summed E-state index contributed by atoms with van der Waals surface area (Å²) in [6.07, 6.45) is -4.55. The van der Waals surface area contributed by atoms with Crippen LogP contribution in [0.5, 0.6) is 23.0 Å². The minimum atomic E-state index is -4.55. The number of anilines is 2. The molecular weight excluding hydrogens is 756 g/mol. The number of nitrogens with zero attached hydrogens (tertiary/aromatic N) is 2. The summed E-state index contributed by atoms with van der Waals surface area (Å²) in [6, 6.07) is 17.2. The quantitative estimate of drug-likeness (QED) is 0.163. The van der Waals surface area contributed by atoms with Crippen LogP contribution in [0, 0.1) is 0 Å². The molecular formula is C37H37Cl2F3N4O8. The molecule has 54 heavy (non-hydrogen) atoms. The molecule has 0 radical (unpaired) electrons. The molecule has 0 bridgehead atoms. The van der Waals surface area contributed by atoms with Gasteiger partial charge in [-0.05, 0) is 68.4 Å². The fraction of sp³-hybridized carbons (Fsp3) is 0.243. The number of carbonyl (C=O) groups is 4. The average Bonchev–Trinajstić information content (AvgIpc) is 3.15. The number of benzene rings is 4. The van der Waals surface area contributed by atoms with E-state index in [9.17, 15) is 32.3 Å². The standard InChI is InChI=1S/C19H19F3N2O4.C18H18Cl2N2O4/c1-4-24(13-8-5-7-12(11-13)19(20,21)22)18(26)23-17(25)16-14(27-2)9-6-10-15(16)28-3;1-4-22(16-11(19)7-5-8-12(16)20)18(24)21-17(23)15-13(25-2)9-6-10-14(15)26-3/h5-11H,4H2,1-3H3,(H,23,25,26);5-10H,4H2,1-3H3,(H,21,23,24). The Bertz CT molecular complexity index is 1920. The molecule has 0 aliphatic rings. The van der Waals surface area contributed by atoms with Gasteiger partial charge in [-0.1, -0.05) is 47.5 Å². The lowest BCUT2D eigenvalue weighted by Gasteiger charge is -2.23. The molecule has 6 amide bonds. The highest BCUT2D eigenvalue weighted by Gasteiger charge is 2.32. The molecule has 12 nitrogen and oxygen atoms in total. The number of hydrogen-bond acceptors (Lipinski definition) is 8. The lowest BCUT2D eigenvalue weighted by molar-refractivity contribution is -0.137. The Kier molecular flexibility index (Phi) is 15.4. The number of urea groups is 2. The van der Waals surface area contributed by atoms with Crippen LogP contribution in [0.4, 0.5) is 34.1 Å². The minimum Gasteiger partial charge on any atom is -0.496 e. The molecule has 4 aromatic carbocycles. The first-order chi connectivity index (χ1) is 25.7. The van der Waals surface area contributed by atoms with Crippen LogP contribution in [0.25, 0.3) is 0 Å². The number of alkyl halides is 3. The average molecular weight is 794 g/mol. The molecule has 0 saturated heterocycles. The molecule has 4 rings (SSSR count). The number of carbonyl (C=O) groups excluding carboxylic acids is 4. The van der Waals surface area contributed by atoms with Crippen molar-refractivity contribution in [3.63, 3.8) is 0 Å². The van der Waals surface area contributed by atoms with Crippen molar-refractivity contribution < 1.29 is 51.3 Å². The van der Waals surface area contributed by atoms with E-state index in [1.807, 2.05) is 0 Å². The molecule has 17 heteroatoms. The molecule has 288 valence electrons. The van der Waals surface area contributed by atoms with Crippen LogP contribution >= 0.6 is 23.2 Å². The zero-order valence-electron chi connectivity index (χ0n) is 30.0. The third-order valence-corrected chi connectivity index (χ3v) is 8.18. The van der Waals surface area contributed by atoms with E-state index in [1.165, 1.54) is 57.6 Å². The van der Waals surface area contributed by atoms with E-state index in [1.54, 1.807) is 56.3 Å². The first-order valence-corrected chi connectivity index (χ1v) is 16.7. The summed E-state index contributed by atoms with van der Waals surface area (Å²) in [7, 11) is 5.56. The molecule has 0 spiro atoms. The fourth-order valence-electron chi connectivity index (χ4n) is 5.05. The van der Waals surface area contributed by atoms with Gasteiger partial charge < -0.3 is 18.9 Å². The maximum absolute atomic E-state index is 12.9. The van der Waals surface area contributed by atoms with Crippen molar-refractivity contribution in [2.45, 2.75) is 20.0 Å². The van der Waals surface area contributed by atoms with E-state index in [0.29, 0.717) is 15.7 Å². The van der Waals surface area contributed by atoms with Crippen molar-refractivity contribution in [2.75, 3.05) is 51.3 Å². The van der Waals surface area contributed by atoms with Crippen molar-refractivity contribution in [3.05, 3.63) is 106 Å². The fourth-order valence-corrected chi connectivity index (χ4v) is 5.65. The summed E-state index contributed by atoms with van der Waals surface area (Å²) in [5, 5.41) is 5.09. The van der Waals surface area contributed by atoms with Gasteiger partial charge in [0.1, 0.15) is 34.1 Å². The number of hydrogen-bond donors (Lipinski definition) is 2. The highest BCUT2D eigenvalue weighted by atomic mass is 35.5. The van der Waals surface area contributed by atoms with Gasteiger partial charge in [0.25, 0.3) is 11.8 Å². The van der Waals surface area contributed by atoms with Gasteiger partial charge >= 0.3 is 18.2 Å². The van der Waals surface area contributed by atoms with E-state index in [4.69, 9.17) is 42.1 Å². The molecule has 0 heterocycles. The molecule has 2 N–H and O–H groups in total. The van der Waals surface area contributed by atoms with E-state index in [-0.39, 0.29) is 52.9 Å². The summed E-state index contributed by atoms with van der Waals surface area (Å²) >= 11 is 12.3.